The van der Waals surface area contributed by atoms with Crippen LogP contribution < -0.4 is 15.4 Å². The van der Waals surface area contributed by atoms with Crippen molar-refractivity contribution >= 4 is 17.3 Å². The van der Waals surface area contributed by atoms with Gasteiger partial charge in [-0.3, -0.25) is 5.32 Å². The van der Waals surface area contributed by atoms with Crippen LogP contribution in [0.1, 0.15) is 11.1 Å². The second-order valence-electron chi connectivity index (χ2n) is 4.31. The van der Waals surface area contributed by atoms with Crippen molar-refractivity contribution in [3.63, 3.8) is 0 Å². The molecule has 0 aliphatic rings. The number of methoxy groups -OCH3 is 1. The molecule has 0 aliphatic heterocycles. The minimum atomic E-state index is 0.439. The molecule has 6 nitrogen and oxygen atoms in total. The summed E-state index contributed by atoms with van der Waals surface area (Å²) in [4.78, 5) is 8.06. The molecule has 1 aromatic heterocycles. The third-order valence-electron chi connectivity index (χ3n) is 2.77. The molecule has 0 fully saturated rings. The number of rotatable bonds is 4. The van der Waals surface area contributed by atoms with Crippen molar-refractivity contribution in [1.82, 2.24) is 9.97 Å². The molecular formula is C14H15N5O. The highest BCUT2D eigenvalue weighted by Gasteiger charge is 2.09. The first-order valence-corrected chi connectivity index (χ1v) is 6.03. The fourth-order valence-electron chi connectivity index (χ4n) is 1.93. The van der Waals surface area contributed by atoms with E-state index in [2.05, 4.69) is 26.7 Å². The first-order chi connectivity index (χ1) is 9.63. The summed E-state index contributed by atoms with van der Waals surface area (Å²) in [5.41, 5.74) is 3.02. The predicted molar refractivity (Wildman–Crippen MR) is 77.0 cm³/mol. The van der Waals surface area contributed by atoms with Gasteiger partial charge in [0.2, 0.25) is 0 Å². The molecular weight excluding hydrogens is 254 g/mol. The number of nitrogens with zero attached hydrogens (tertiary/aromatic N) is 3. The van der Waals surface area contributed by atoms with Crippen LogP contribution in [0.3, 0.4) is 0 Å². The molecule has 0 saturated heterocycles. The zero-order chi connectivity index (χ0) is 14.5. The predicted octanol–water partition coefficient (Wildman–Crippen LogP) is 2.74. The van der Waals surface area contributed by atoms with Crippen LogP contribution in [0.5, 0.6) is 5.75 Å². The second kappa shape index (κ2) is 5.89. The normalized spacial score (nSPS) is 9.70. The number of ether oxygens (including phenoxy) is 1. The summed E-state index contributed by atoms with van der Waals surface area (Å²) in [6.45, 7) is 4.01. The molecule has 1 heterocycles. The molecule has 0 spiro atoms. The second-order valence-corrected chi connectivity index (χ2v) is 4.31. The van der Waals surface area contributed by atoms with E-state index in [1.54, 1.807) is 13.2 Å². The molecule has 2 N–H and O–H groups in total. The Labute approximate surface area is 117 Å². The van der Waals surface area contributed by atoms with Gasteiger partial charge < -0.3 is 10.1 Å². The molecule has 0 bridgehead atoms. The van der Waals surface area contributed by atoms with Crippen LogP contribution in [0.25, 0.3) is 0 Å². The van der Waals surface area contributed by atoms with Gasteiger partial charge in [-0.05, 0) is 31.0 Å². The largest absolute Gasteiger partial charge is 0.495 e. The first-order valence-electron chi connectivity index (χ1n) is 6.03. The zero-order valence-electron chi connectivity index (χ0n) is 11.6. The quantitative estimate of drug-likeness (QED) is 0.656. The third-order valence-corrected chi connectivity index (χ3v) is 2.77. The van der Waals surface area contributed by atoms with Crippen molar-refractivity contribution in [2.24, 2.45) is 0 Å². The lowest BCUT2D eigenvalue weighted by atomic mass is 10.1. The van der Waals surface area contributed by atoms with Crippen molar-refractivity contribution in [1.29, 1.82) is 5.26 Å². The number of anilines is 3. The van der Waals surface area contributed by atoms with Gasteiger partial charge in [-0.15, -0.1) is 0 Å². The van der Waals surface area contributed by atoms with Crippen LogP contribution in [0.4, 0.5) is 17.3 Å². The van der Waals surface area contributed by atoms with Gasteiger partial charge in [0.05, 0.1) is 12.8 Å². The van der Waals surface area contributed by atoms with Crippen LogP contribution in [-0.4, -0.2) is 17.1 Å². The molecule has 0 amide bonds. The van der Waals surface area contributed by atoms with E-state index in [4.69, 9.17) is 10.00 Å². The topological polar surface area (TPSA) is 82.9 Å². The van der Waals surface area contributed by atoms with E-state index in [0.717, 1.165) is 22.6 Å². The van der Waals surface area contributed by atoms with Crippen LogP contribution >= 0.6 is 0 Å². The summed E-state index contributed by atoms with van der Waals surface area (Å²) in [7, 11) is 1.63. The Bertz CT molecular complexity index is 663. The minimum Gasteiger partial charge on any atom is -0.495 e. The van der Waals surface area contributed by atoms with E-state index in [1.807, 2.05) is 26.1 Å². The van der Waals surface area contributed by atoms with Crippen LogP contribution in [0.2, 0.25) is 0 Å². The van der Waals surface area contributed by atoms with Gasteiger partial charge in [0.15, 0.2) is 6.19 Å². The smallest absolute Gasteiger partial charge is 0.182 e. The Balaban J connectivity index is 2.35. The average molecular weight is 269 g/mol. The fourth-order valence-corrected chi connectivity index (χ4v) is 1.93. The Morgan fingerprint density at radius 2 is 1.90 bits per heavy atom. The maximum Gasteiger partial charge on any atom is 0.182 e. The molecule has 20 heavy (non-hydrogen) atoms. The summed E-state index contributed by atoms with van der Waals surface area (Å²) >= 11 is 0. The van der Waals surface area contributed by atoms with Gasteiger partial charge in [-0.1, -0.05) is 6.07 Å². The Kier molecular flexibility index (Phi) is 4.01. The van der Waals surface area contributed by atoms with E-state index in [9.17, 15) is 0 Å². The summed E-state index contributed by atoms with van der Waals surface area (Å²) in [6, 6.07) is 5.66. The monoisotopic (exact) mass is 269 g/mol. The molecule has 102 valence electrons. The zero-order valence-corrected chi connectivity index (χ0v) is 11.6. The average Bonchev–Trinajstić information content (AvgIpc) is 2.42. The van der Waals surface area contributed by atoms with Crippen molar-refractivity contribution in [3.8, 4) is 11.9 Å². The van der Waals surface area contributed by atoms with Crippen LogP contribution in [-0.2, 0) is 0 Å². The number of benzene rings is 1. The van der Waals surface area contributed by atoms with Crippen molar-refractivity contribution < 1.29 is 4.74 Å². The number of nitrogens with one attached hydrogen (secondary N) is 2. The van der Waals surface area contributed by atoms with Crippen molar-refractivity contribution in [3.05, 3.63) is 35.7 Å². The van der Waals surface area contributed by atoms with E-state index in [0.29, 0.717) is 11.6 Å². The highest BCUT2D eigenvalue weighted by Crippen LogP contribution is 2.32. The standard InChI is InChI=1S/C14H15N5O/c1-9-4-10(2)14(11(5-9)20-3)19-13-6-12(16-7-15)17-8-18-13/h4-6,8H,1-3H3,(H2,16,17,18,19). The van der Waals surface area contributed by atoms with E-state index in [1.165, 1.54) is 6.33 Å². The molecule has 1 aromatic carbocycles. The van der Waals surface area contributed by atoms with Crippen LogP contribution in [0.15, 0.2) is 24.5 Å². The molecule has 0 saturated carbocycles. The number of hydrogen-bond donors (Lipinski definition) is 2. The maximum atomic E-state index is 8.60. The summed E-state index contributed by atoms with van der Waals surface area (Å²) < 4.78 is 5.38. The number of hydrogen-bond acceptors (Lipinski definition) is 6. The Hall–Kier alpha value is -2.81. The van der Waals surface area contributed by atoms with Gasteiger partial charge in [-0.2, -0.15) is 5.26 Å². The van der Waals surface area contributed by atoms with Gasteiger partial charge in [-0.25, -0.2) is 9.97 Å². The first kappa shape index (κ1) is 13.6. The highest BCUT2D eigenvalue weighted by molar-refractivity contribution is 5.70. The number of aryl methyl sites for hydroxylation is 2. The van der Waals surface area contributed by atoms with Crippen molar-refractivity contribution in [2.75, 3.05) is 17.7 Å². The molecule has 2 aromatic rings. The highest BCUT2D eigenvalue weighted by atomic mass is 16.5. The summed E-state index contributed by atoms with van der Waals surface area (Å²) in [6.07, 6.45) is 3.21. The molecule has 0 unspecified atom stereocenters. The molecule has 0 radical (unpaired) electrons. The maximum absolute atomic E-state index is 8.60. The number of aromatic nitrogens is 2. The Morgan fingerprint density at radius 1 is 1.15 bits per heavy atom. The molecule has 6 heteroatoms. The Morgan fingerprint density at radius 3 is 2.60 bits per heavy atom. The number of nitriles is 1. The lowest BCUT2D eigenvalue weighted by Crippen LogP contribution is -2.01. The SMILES string of the molecule is COc1cc(C)cc(C)c1Nc1cc(NC#N)ncn1. The lowest BCUT2D eigenvalue weighted by molar-refractivity contribution is 0.416. The van der Waals surface area contributed by atoms with Crippen LogP contribution in [0, 0.1) is 25.3 Å². The lowest BCUT2D eigenvalue weighted by Gasteiger charge is -2.14. The fraction of sp³-hybridized carbons (Fsp3) is 0.214. The molecule has 0 aliphatic carbocycles. The van der Waals surface area contributed by atoms with E-state index < -0.39 is 0 Å². The minimum absolute atomic E-state index is 0.439. The molecule has 2 rings (SSSR count). The van der Waals surface area contributed by atoms with Gasteiger partial charge in [0.25, 0.3) is 0 Å². The van der Waals surface area contributed by atoms with Gasteiger partial charge in [0.1, 0.15) is 23.7 Å². The van der Waals surface area contributed by atoms with Gasteiger partial charge in [0, 0.05) is 6.07 Å². The van der Waals surface area contributed by atoms with E-state index >= 15 is 0 Å². The van der Waals surface area contributed by atoms with Gasteiger partial charge >= 0.3 is 0 Å². The molecule has 0 atom stereocenters. The van der Waals surface area contributed by atoms with Crippen molar-refractivity contribution in [2.45, 2.75) is 13.8 Å². The summed E-state index contributed by atoms with van der Waals surface area (Å²) in [5.74, 6) is 1.77. The van der Waals surface area contributed by atoms with E-state index in [-0.39, 0.29) is 0 Å². The summed E-state index contributed by atoms with van der Waals surface area (Å²) in [5, 5.41) is 14.3. The third kappa shape index (κ3) is 2.95.